The molecule has 17 atom stereocenters. The number of hydrogen-bond acceptors (Lipinski definition) is 34. The Hall–Kier alpha value is -3.81. The molecule has 4 aliphatic heterocycles. The largest absolute Gasteiger partial charge is 0.394 e. The first kappa shape index (κ1) is 96.6. The van der Waals surface area contributed by atoms with Gasteiger partial charge in [-0.3, -0.25) is 24.0 Å². The van der Waals surface area contributed by atoms with Gasteiger partial charge >= 0.3 is 0 Å². The van der Waals surface area contributed by atoms with Crippen LogP contribution in [-0.2, 0) is 99.8 Å². The van der Waals surface area contributed by atoms with Crippen molar-refractivity contribution in [3.8, 4) is 0 Å². The molecule has 0 aromatic carbocycles. The molecule has 5 amide bonds. The highest BCUT2D eigenvalue weighted by Crippen LogP contribution is 2.26. The number of unbranched alkanes of at least 4 members (excludes halogenated alkanes) is 7. The molecule has 108 heavy (non-hydrogen) atoms. The lowest BCUT2D eigenvalue weighted by molar-refractivity contribution is -0.302. The maximum absolute atomic E-state index is 13.9. The first-order chi connectivity index (χ1) is 51.8. The van der Waals surface area contributed by atoms with E-state index in [1.54, 1.807) is 4.90 Å². The van der Waals surface area contributed by atoms with Crippen LogP contribution in [-0.4, -0.2) is 401 Å². The van der Waals surface area contributed by atoms with E-state index in [0.29, 0.717) is 32.4 Å². The minimum absolute atomic E-state index is 0.0189. The molecule has 0 aromatic rings. The maximum Gasteiger partial charge on any atom is 0.224 e. The van der Waals surface area contributed by atoms with Crippen molar-refractivity contribution in [1.29, 1.82) is 0 Å². The normalized spacial score (nSPS) is 27.3. The minimum atomic E-state index is -1.59. The van der Waals surface area contributed by atoms with E-state index in [1.165, 1.54) is 0 Å². The summed E-state index contributed by atoms with van der Waals surface area (Å²) in [6, 6.07) is -0.152. The van der Waals surface area contributed by atoms with E-state index in [0.717, 1.165) is 44.9 Å². The lowest BCUT2D eigenvalue weighted by atomic mass is 9.99. The monoisotopic (exact) mass is 1570 g/mol. The predicted octanol–water partition coefficient (Wildman–Crippen LogP) is -6.41. The fraction of sp³-hybridized carbons (Fsp3) is 0.928. The average molecular weight is 1570 g/mol. The van der Waals surface area contributed by atoms with Gasteiger partial charge < -0.3 is 168 Å². The number of rotatable bonds is 61. The summed E-state index contributed by atoms with van der Waals surface area (Å²) in [5, 5.41) is 140. The quantitative estimate of drug-likeness (QED) is 0.0199. The Morgan fingerprint density at radius 3 is 1.13 bits per heavy atom. The first-order valence-corrected chi connectivity index (χ1v) is 37.5. The van der Waals surface area contributed by atoms with Gasteiger partial charge in [0.25, 0.3) is 0 Å². The van der Waals surface area contributed by atoms with Crippen LogP contribution < -0.4 is 21.3 Å². The van der Waals surface area contributed by atoms with E-state index in [2.05, 4.69) is 21.3 Å². The van der Waals surface area contributed by atoms with Crippen molar-refractivity contribution in [2.24, 2.45) is 0 Å². The third-order valence-electron chi connectivity index (χ3n) is 17.6. The molecule has 17 N–H and O–H groups in total. The van der Waals surface area contributed by atoms with E-state index >= 15 is 0 Å². The van der Waals surface area contributed by atoms with Crippen molar-refractivity contribution in [2.45, 2.75) is 226 Å². The van der Waals surface area contributed by atoms with Crippen molar-refractivity contribution in [3.63, 3.8) is 0 Å². The Labute approximate surface area is 630 Å². The van der Waals surface area contributed by atoms with Gasteiger partial charge in [-0.1, -0.05) is 38.5 Å². The van der Waals surface area contributed by atoms with Gasteiger partial charge in [0.2, 0.25) is 29.5 Å². The molecule has 0 spiro atoms. The van der Waals surface area contributed by atoms with Crippen LogP contribution >= 0.6 is 0 Å². The average Bonchev–Trinajstić information content (AvgIpc) is 1.10. The molecule has 39 heteroatoms. The van der Waals surface area contributed by atoms with Crippen LogP contribution in [0.15, 0.2) is 0 Å². The summed E-state index contributed by atoms with van der Waals surface area (Å²) in [6.45, 7) is 4.76. The van der Waals surface area contributed by atoms with Crippen LogP contribution in [0.25, 0.3) is 0 Å². The second-order valence-electron chi connectivity index (χ2n) is 27.7. The lowest BCUT2D eigenvalue weighted by Gasteiger charge is -2.39. The number of carbonyl (C=O) groups is 5. The van der Waals surface area contributed by atoms with Gasteiger partial charge in [0.15, 0.2) is 18.9 Å². The number of hydrogen-bond donors (Lipinski definition) is 17. The summed E-state index contributed by atoms with van der Waals surface area (Å²) in [6.07, 6.45) is -14.6. The second kappa shape index (κ2) is 55.6. The number of likely N-dealkylation sites (tertiary alicyclic amines) is 1. The topological polar surface area (TPSA) is 547 Å². The van der Waals surface area contributed by atoms with Crippen LogP contribution in [0.5, 0.6) is 0 Å². The van der Waals surface area contributed by atoms with Gasteiger partial charge in [0, 0.05) is 45.3 Å². The van der Waals surface area contributed by atoms with Gasteiger partial charge in [-0.2, -0.15) is 0 Å². The molecule has 0 aromatic heterocycles. The number of amides is 5. The number of ether oxygens (including phenoxy) is 16. The zero-order valence-corrected chi connectivity index (χ0v) is 62.8. The van der Waals surface area contributed by atoms with Crippen molar-refractivity contribution in [1.82, 2.24) is 26.2 Å². The lowest BCUT2D eigenvalue weighted by Crippen LogP contribution is -2.59. The molecule has 0 saturated carbocycles. The third kappa shape index (κ3) is 38.8. The highest BCUT2D eigenvalue weighted by Gasteiger charge is 2.47. The molecule has 39 nitrogen and oxygen atoms in total. The van der Waals surface area contributed by atoms with E-state index in [4.69, 9.17) is 75.8 Å². The number of aliphatic hydroxyl groups is 13. The number of aliphatic hydroxyl groups excluding tert-OH is 13. The maximum atomic E-state index is 13.9. The summed E-state index contributed by atoms with van der Waals surface area (Å²) in [5.74, 6) is -1.54. The predicted molar refractivity (Wildman–Crippen MR) is 373 cm³/mol. The Kier molecular flexibility index (Phi) is 49.7. The number of β-amino-alcohol motifs (C(OH)–C–C–N with tert-alkyl or cyclic N) is 1. The van der Waals surface area contributed by atoms with Gasteiger partial charge in [0.05, 0.1) is 183 Å². The van der Waals surface area contributed by atoms with Crippen LogP contribution in [0, 0.1) is 0 Å². The Balaban J connectivity index is 1.26. The summed E-state index contributed by atoms with van der Waals surface area (Å²) in [5.41, 5.74) is -1.77. The third-order valence-corrected chi connectivity index (χ3v) is 17.6. The molecule has 0 aliphatic carbocycles. The number of nitrogens with zero attached hydrogens (tertiary/aromatic N) is 1. The Morgan fingerprint density at radius 1 is 0.389 bits per heavy atom. The summed E-state index contributed by atoms with van der Waals surface area (Å²) in [4.78, 5) is 67.7. The molecule has 4 saturated heterocycles. The zero-order chi connectivity index (χ0) is 79.1. The zero-order valence-electron chi connectivity index (χ0n) is 62.8. The van der Waals surface area contributed by atoms with Crippen molar-refractivity contribution >= 4 is 29.5 Å². The van der Waals surface area contributed by atoms with Gasteiger partial charge in [0.1, 0.15) is 85.5 Å². The molecule has 4 fully saturated rings. The first-order valence-electron chi connectivity index (χ1n) is 37.5. The second-order valence-corrected chi connectivity index (χ2v) is 27.7. The SMILES string of the molecule is CC(C)(C)OC[C@@H]1C[C@@H](O)CN1C(=O)CCCCCCCCCCC(=O)NC(COCCC(=O)NCCOCCOCCO[C@H]1OC(CO)[C@@H](O)[C@H](O)C1O)(COCCC(=O)NCCOCCOCCO[C@H]1OC(CO)[C@@H](O)[C@H](O)C1O)COCCC(=O)NCOCCOCCO[C@H]1OC(CO)[C@@H](O)[C@H](O)C1O. The van der Waals surface area contributed by atoms with E-state index in [1.807, 2.05) is 20.8 Å². The van der Waals surface area contributed by atoms with Crippen LogP contribution in [0.3, 0.4) is 0 Å². The van der Waals surface area contributed by atoms with Gasteiger partial charge in [-0.25, -0.2) is 0 Å². The van der Waals surface area contributed by atoms with E-state index < -0.39 is 129 Å². The van der Waals surface area contributed by atoms with E-state index in [-0.39, 0.29) is 213 Å². The van der Waals surface area contributed by atoms with Gasteiger partial charge in [-0.05, 0) is 40.0 Å². The molecule has 0 bridgehead atoms. The van der Waals surface area contributed by atoms with Crippen LogP contribution in [0.2, 0.25) is 0 Å². The van der Waals surface area contributed by atoms with Crippen LogP contribution in [0.1, 0.15) is 111 Å². The fourth-order valence-electron chi connectivity index (χ4n) is 11.5. The number of carbonyl (C=O) groups excluding carboxylic acids is 5. The summed E-state index contributed by atoms with van der Waals surface area (Å²) >= 11 is 0. The fourth-order valence-corrected chi connectivity index (χ4v) is 11.5. The van der Waals surface area contributed by atoms with E-state index in [9.17, 15) is 90.4 Å². The molecule has 4 aliphatic rings. The molecular formula is C69H127N5O34. The highest BCUT2D eigenvalue weighted by atomic mass is 16.7. The highest BCUT2D eigenvalue weighted by molar-refractivity contribution is 5.78. The molecule has 632 valence electrons. The molecule has 6 unspecified atom stereocenters. The molecule has 4 heterocycles. The minimum Gasteiger partial charge on any atom is -0.394 e. The van der Waals surface area contributed by atoms with Crippen molar-refractivity contribution in [3.05, 3.63) is 0 Å². The standard InChI is InChI=1S/C69H127N5O34/c1-68(2,3)105-41-46-36-47(78)37-74(46)55(83)13-11-9-7-5-4-6-8-10-12-54(82)73-69(44-100-21-16-53(81)72-45-101-29-28-97-32-35-104-67-64(92)61(89)58(86)50(40-77)108-67,42-98-19-14-51(79)70-17-22-93-24-26-95-30-33-102-65-62(90)59(87)56(84)48(38-75)106-65)43-99-20-15-52(80)71-18-23-94-25-27-96-31-34-103-66-63(91)60(88)57(85)49(39-76)107-66/h46-50,56-67,75-78,84-92H,4-45H2,1-3H3,(H,70,79)(H,71,80)(H,72,81)(H,73,82)/t46-,47+,48?,49?,50?,56+,57+,58+,59-,60-,61-,62?,63?,64?,65-,66-,67-,69?/m0/s1. The summed E-state index contributed by atoms with van der Waals surface area (Å²) < 4.78 is 89.2. The number of nitrogens with one attached hydrogen (secondary N) is 4. The summed E-state index contributed by atoms with van der Waals surface area (Å²) in [7, 11) is 0. The molecular weight excluding hydrogens is 1440 g/mol. The Morgan fingerprint density at radius 2 is 0.741 bits per heavy atom. The van der Waals surface area contributed by atoms with Gasteiger partial charge in [-0.15, -0.1) is 0 Å². The van der Waals surface area contributed by atoms with Crippen molar-refractivity contribution < 1.29 is 166 Å². The van der Waals surface area contributed by atoms with Crippen LogP contribution in [0.4, 0.5) is 0 Å². The molecule has 4 rings (SSSR count). The Bertz CT molecular complexity index is 2320. The van der Waals surface area contributed by atoms with Crippen molar-refractivity contribution in [2.75, 3.05) is 185 Å². The molecule has 0 radical (unpaired) electrons. The smallest absolute Gasteiger partial charge is 0.224 e.